The van der Waals surface area contributed by atoms with Crippen molar-refractivity contribution in [3.05, 3.63) is 65.7 Å². The van der Waals surface area contributed by atoms with Gasteiger partial charge in [-0.25, -0.2) is 4.79 Å². The van der Waals surface area contributed by atoms with E-state index in [1.165, 1.54) is 5.56 Å². The number of likely N-dealkylation sites (N-methyl/N-ethyl adjacent to an activating group) is 1. The van der Waals surface area contributed by atoms with Crippen LogP contribution in [0, 0.1) is 0 Å². The smallest absolute Gasteiger partial charge is 0.338 e. The van der Waals surface area contributed by atoms with Crippen molar-refractivity contribution in [2.45, 2.75) is 19.1 Å². The van der Waals surface area contributed by atoms with Gasteiger partial charge in [0.25, 0.3) is 0 Å². The molecule has 0 unspecified atom stereocenters. The van der Waals surface area contributed by atoms with Gasteiger partial charge in [-0.15, -0.1) is 0 Å². The van der Waals surface area contributed by atoms with Gasteiger partial charge in [0.05, 0.1) is 12.2 Å². The molecule has 2 rings (SSSR count). The number of aliphatic hydroxyl groups excluding tert-OH is 1. The molecular weight excluding hydrogens is 356 g/mol. The van der Waals surface area contributed by atoms with Crippen LogP contribution in [0.15, 0.2) is 54.6 Å². The van der Waals surface area contributed by atoms with Crippen molar-refractivity contribution in [1.82, 2.24) is 10.2 Å². The van der Waals surface area contributed by atoms with E-state index in [0.29, 0.717) is 24.5 Å². The highest BCUT2D eigenvalue weighted by atomic mass is 16.5. The lowest BCUT2D eigenvalue weighted by Gasteiger charge is -2.25. The van der Waals surface area contributed by atoms with Crippen molar-refractivity contribution in [2.24, 2.45) is 0 Å². The minimum Gasteiger partial charge on any atom is -0.491 e. The van der Waals surface area contributed by atoms with Crippen LogP contribution in [-0.4, -0.2) is 62.5 Å². The molecule has 0 radical (unpaired) electrons. The summed E-state index contributed by atoms with van der Waals surface area (Å²) in [5.41, 5.74) is 1.71. The average molecular weight is 386 g/mol. The minimum atomic E-state index is -0.636. The van der Waals surface area contributed by atoms with Gasteiger partial charge in [-0.1, -0.05) is 30.3 Å². The number of carbonyl (C=O) groups excluding carboxylic acids is 1. The Kier molecular flexibility index (Phi) is 8.94. The van der Waals surface area contributed by atoms with Gasteiger partial charge in [0.15, 0.2) is 0 Å². The molecule has 6 heteroatoms. The van der Waals surface area contributed by atoms with Crippen LogP contribution in [0.3, 0.4) is 0 Å². The van der Waals surface area contributed by atoms with Crippen LogP contribution in [0.1, 0.15) is 28.9 Å². The molecule has 2 atom stereocenters. The van der Waals surface area contributed by atoms with Crippen molar-refractivity contribution in [3.63, 3.8) is 0 Å². The summed E-state index contributed by atoms with van der Waals surface area (Å²) in [6, 6.07) is 17.2. The third-order valence-corrected chi connectivity index (χ3v) is 4.33. The summed E-state index contributed by atoms with van der Waals surface area (Å²) in [5.74, 6) is 0.245. The zero-order valence-corrected chi connectivity index (χ0v) is 16.8. The normalized spacial score (nSPS) is 13.2. The van der Waals surface area contributed by atoms with Crippen LogP contribution in [-0.2, 0) is 4.74 Å². The quantitative estimate of drug-likeness (QED) is 0.578. The van der Waals surface area contributed by atoms with Gasteiger partial charge in [-0.05, 0) is 50.8 Å². The summed E-state index contributed by atoms with van der Waals surface area (Å²) >= 11 is 0. The molecule has 2 N–H and O–H groups in total. The first kappa shape index (κ1) is 21.9. The second-order valence-electron chi connectivity index (χ2n) is 6.76. The average Bonchev–Trinajstić information content (AvgIpc) is 2.70. The summed E-state index contributed by atoms with van der Waals surface area (Å²) in [4.78, 5) is 13.8. The van der Waals surface area contributed by atoms with Gasteiger partial charge in [0, 0.05) is 19.1 Å². The lowest BCUT2D eigenvalue weighted by molar-refractivity contribution is 0.0526. The molecule has 2 aromatic rings. The third kappa shape index (κ3) is 6.96. The fraction of sp³-hybridized carbons (Fsp3) is 0.409. The Morgan fingerprint density at radius 3 is 2.36 bits per heavy atom. The Hall–Kier alpha value is -2.41. The lowest BCUT2D eigenvalue weighted by Crippen LogP contribution is -2.37. The van der Waals surface area contributed by atoms with E-state index < -0.39 is 6.10 Å². The van der Waals surface area contributed by atoms with Crippen molar-refractivity contribution in [1.29, 1.82) is 0 Å². The van der Waals surface area contributed by atoms with Gasteiger partial charge in [-0.2, -0.15) is 0 Å². The van der Waals surface area contributed by atoms with E-state index in [2.05, 4.69) is 22.3 Å². The maximum absolute atomic E-state index is 11.6. The molecule has 28 heavy (non-hydrogen) atoms. The number of carbonyl (C=O) groups is 1. The highest BCUT2D eigenvalue weighted by Crippen LogP contribution is 2.17. The Labute approximate surface area is 167 Å². The van der Waals surface area contributed by atoms with Crippen LogP contribution >= 0.6 is 0 Å². The maximum atomic E-state index is 11.6. The number of nitrogens with one attached hydrogen (secondary N) is 1. The molecular formula is C22H30N2O4. The monoisotopic (exact) mass is 386 g/mol. The molecule has 0 aliphatic rings. The van der Waals surface area contributed by atoms with E-state index in [1.54, 1.807) is 31.2 Å². The summed E-state index contributed by atoms with van der Waals surface area (Å²) < 4.78 is 10.5. The van der Waals surface area contributed by atoms with Crippen molar-refractivity contribution in [2.75, 3.05) is 40.4 Å². The number of nitrogens with zero attached hydrogens (tertiary/aromatic N) is 1. The number of benzene rings is 2. The Bertz CT molecular complexity index is 704. The Morgan fingerprint density at radius 1 is 1.07 bits per heavy atom. The zero-order chi connectivity index (χ0) is 20.4. The summed E-state index contributed by atoms with van der Waals surface area (Å²) in [7, 11) is 4.08. The fourth-order valence-corrected chi connectivity index (χ4v) is 2.81. The molecule has 0 aliphatic heterocycles. The molecule has 0 bridgehead atoms. The molecule has 0 aliphatic carbocycles. The molecule has 0 aromatic heterocycles. The number of ether oxygens (including phenoxy) is 2. The summed E-state index contributed by atoms with van der Waals surface area (Å²) in [5, 5.41) is 13.5. The Morgan fingerprint density at radius 2 is 1.75 bits per heavy atom. The SMILES string of the molecule is CCOC(=O)c1ccc(OC[C@@H](O)CNC[C@H](c2ccccc2)N(C)C)cc1. The first-order chi connectivity index (χ1) is 13.5. The number of aliphatic hydroxyl groups is 1. The highest BCUT2D eigenvalue weighted by Gasteiger charge is 2.14. The van der Waals surface area contributed by atoms with Crippen molar-refractivity contribution < 1.29 is 19.4 Å². The third-order valence-electron chi connectivity index (χ3n) is 4.33. The number of hydrogen-bond acceptors (Lipinski definition) is 6. The standard InChI is InChI=1S/C22H30N2O4/c1-4-27-22(26)18-10-12-20(13-11-18)28-16-19(25)14-23-15-21(24(2)3)17-8-6-5-7-9-17/h5-13,19,21,23,25H,4,14-16H2,1-3H3/t19-,21+/m0/s1. The Balaban J connectivity index is 1.75. The van der Waals surface area contributed by atoms with Crippen molar-refractivity contribution in [3.8, 4) is 5.75 Å². The van der Waals surface area contributed by atoms with E-state index in [0.717, 1.165) is 6.54 Å². The lowest BCUT2D eigenvalue weighted by atomic mass is 10.1. The summed E-state index contributed by atoms with van der Waals surface area (Å²) in [6.45, 7) is 3.44. The molecule has 0 saturated carbocycles. The van der Waals surface area contributed by atoms with Gasteiger partial charge < -0.3 is 24.8 Å². The predicted molar refractivity (Wildman–Crippen MR) is 110 cm³/mol. The molecule has 152 valence electrons. The van der Waals surface area contributed by atoms with Crippen LogP contribution < -0.4 is 10.1 Å². The van der Waals surface area contributed by atoms with Gasteiger partial charge in [-0.3, -0.25) is 0 Å². The van der Waals surface area contributed by atoms with Gasteiger partial charge >= 0.3 is 5.97 Å². The first-order valence-electron chi connectivity index (χ1n) is 9.51. The van der Waals surface area contributed by atoms with E-state index in [1.807, 2.05) is 32.3 Å². The van der Waals surface area contributed by atoms with E-state index in [9.17, 15) is 9.90 Å². The number of rotatable bonds is 11. The highest BCUT2D eigenvalue weighted by molar-refractivity contribution is 5.89. The summed E-state index contributed by atoms with van der Waals surface area (Å²) in [6.07, 6.45) is -0.636. The molecule has 0 amide bonds. The number of hydrogen-bond donors (Lipinski definition) is 2. The fourth-order valence-electron chi connectivity index (χ4n) is 2.81. The topological polar surface area (TPSA) is 71.0 Å². The molecule has 0 spiro atoms. The molecule has 0 saturated heterocycles. The second-order valence-corrected chi connectivity index (χ2v) is 6.76. The second kappa shape index (κ2) is 11.4. The van der Waals surface area contributed by atoms with Crippen LogP contribution in [0.25, 0.3) is 0 Å². The molecule has 2 aromatic carbocycles. The predicted octanol–water partition coefficient (Wildman–Crippen LogP) is 2.50. The largest absolute Gasteiger partial charge is 0.491 e. The van der Waals surface area contributed by atoms with E-state index >= 15 is 0 Å². The van der Waals surface area contributed by atoms with E-state index in [-0.39, 0.29) is 18.6 Å². The van der Waals surface area contributed by atoms with Gasteiger partial charge in [0.2, 0.25) is 0 Å². The van der Waals surface area contributed by atoms with E-state index in [4.69, 9.17) is 9.47 Å². The molecule has 0 heterocycles. The molecule has 6 nitrogen and oxygen atoms in total. The van der Waals surface area contributed by atoms with Crippen LogP contribution in [0.2, 0.25) is 0 Å². The zero-order valence-electron chi connectivity index (χ0n) is 16.8. The van der Waals surface area contributed by atoms with Crippen LogP contribution in [0.5, 0.6) is 5.75 Å². The molecule has 0 fully saturated rings. The number of esters is 1. The van der Waals surface area contributed by atoms with Gasteiger partial charge in [0.1, 0.15) is 18.5 Å². The van der Waals surface area contributed by atoms with Crippen LogP contribution in [0.4, 0.5) is 0 Å². The first-order valence-corrected chi connectivity index (χ1v) is 9.51. The maximum Gasteiger partial charge on any atom is 0.338 e. The van der Waals surface area contributed by atoms with Crippen molar-refractivity contribution >= 4 is 5.97 Å². The minimum absolute atomic E-state index is 0.170.